The van der Waals surface area contributed by atoms with E-state index >= 15 is 0 Å². The van der Waals surface area contributed by atoms with Crippen LogP contribution in [0.2, 0.25) is 0 Å². The zero-order valence-electron chi connectivity index (χ0n) is 16.6. The molecule has 3 rings (SSSR count). The first-order valence-electron chi connectivity index (χ1n) is 9.49. The molecule has 1 fully saturated rings. The number of benzene rings is 2. The molecule has 2 aromatic rings. The monoisotopic (exact) mass is 386 g/mol. The van der Waals surface area contributed by atoms with Crippen LogP contribution >= 0.6 is 0 Å². The van der Waals surface area contributed by atoms with Gasteiger partial charge in [0.05, 0.1) is 18.9 Å². The molecule has 0 saturated carbocycles. The highest BCUT2D eigenvalue weighted by Crippen LogP contribution is 2.31. The molecule has 0 radical (unpaired) electrons. The molecule has 0 aromatic heterocycles. The van der Waals surface area contributed by atoms with Crippen LogP contribution in [-0.4, -0.2) is 38.8 Å². The summed E-state index contributed by atoms with van der Waals surface area (Å²) in [4.78, 5) is 14.2. The van der Waals surface area contributed by atoms with Gasteiger partial charge in [0.25, 0.3) is 5.91 Å². The molecule has 0 unspecified atom stereocenters. The van der Waals surface area contributed by atoms with Crippen LogP contribution in [-0.2, 0) is 14.9 Å². The van der Waals surface area contributed by atoms with Crippen molar-refractivity contribution in [3.8, 4) is 5.75 Å². The summed E-state index contributed by atoms with van der Waals surface area (Å²) >= 11 is 0. The third kappa shape index (κ3) is 5.01. The molecule has 150 valence electrons. The standard InChI is InChI=1S/C22H27FN2O3/c1-22(2,3)17-6-4-5-7-20(17)28-15-21(26)24-16-8-9-19(18(23)14-16)25-10-12-27-13-11-25/h4-9,14H,10-13,15H2,1-3H3,(H,24,26). The third-order valence-electron chi connectivity index (χ3n) is 4.64. The van der Waals surface area contributed by atoms with Gasteiger partial charge in [0.2, 0.25) is 0 Å². The predicted octanol–water partition coefficient (Wildman–Crippen LogP) is 3.98. The molecule has 0 atom stereocenters. The normalized spacial score (nSPS) is 14.6. The summed E-state index contributed by atoms with van der Waals surface area (Å²) in [6.45, 7) is 8.63. The molecule has 0 aliphatic carbocycles. The topological polar surface area (TPSA) is 50.8 Å². The first-order valence-corrected chi connectivity index (χ1v) is 9.49. The highest BCUT2D eigenvalue weighted by atomic mass is 19.1. The number of para-hydroxylation sites is 1. The van der Waals surface area contributed by atoms with Crippen molar-refractivity contribution in [2.45, 2.75) is 26.2 Å². The summed E-state index contributed by atoms with van der Waals surface area (Å²) in [5, 5.41) is 2.69. The van der Waals surface area contributed by atoms with Crippen LogP contribution in [0.1, 0.15) is 26.3 Å². The molecule has 1 amide bonds. The van der Waals surface area contributed by atoms with Crippen LogP contribution in [0.3, 0.4) is 0 Å². The third-order valence-corrected chi connectivity index (χ3v) is 4.64. The van der Waals surface area contributed by atoms with Gasteiger partial charge in [0.15, 0.2) is 6.61 Å². The van der Waals surface area contributed by atoms with E-state index in [1.54, 1.807) is 12.1 Å². The molecule has 1 aliphatic heterocycles. The summed E-state index contributed by atoms with van der Waals surface area (Å²) in [7, 11) is 0. The average Bonchev–Trinajstić information content (AvgIpc) is 2.67. The summed E-state index contributed by atoms with van der Waals surface area (Å²) in [5.74, 6) is -0.0140. The Labute approximate surface area is 165 Å². The Kier molecular flexibility index (Phi) is 6.19. The Bertz CT molecular complexity index is 827. The number of ether oxygens (including phenoxy) is 2. The maximum atomic E-state index is 14.5. The Morgan fingerprint density at radius 1 is 1.18 bits per heavy atom. The van der Waals surface area contributed by atoms with Gasteiger partial charge in [-0.1, -0.05) is 39.0 Å². The van der Waals surface area contributed by atoms with E-state index in [4.69, 9.17) is 9.47 Å². The van der Waals surface area contributed by atoms with Gasteiger partial charge in [-0.25, -0.2) is 4.39 Å². The van der Waals surface area contributed by atoms with Crippen LogP contribution in [0, 0.1) is 5.82 Å². The van der Waals surface area contributed by atoms with Crippen molar-refractivity contribution >= 4 is 17.3 Å². The molecule has 1 heterocycles. The van der Waals surface area contributed by atoms with Crippen molar-refractivity contribution in [1.82, 2.24) is 0 Å². The van der Waals surface area contributed by atoms with Crippen molar-refractivity contribution in [3.05, 3.63) is 53.8 Å². The molecule has 2 aromatic carbocycles. The molecule has 28 heavy (non-hydrogen) atoms. The second-order valence-electron chi connectivity index (χ2n) is 7.85. The minimum Gasteiger partial charge on any atom is -0.483 e. The number of morpholine rings is 1. The lowest BCUT2D eigenvalue weighted by Gasteiger charge is -2.29. The molecule has 1 aliphatic rings. The summed E-state index contributed by atoms with van der Waals surface area (Å²) in [6.07, 6.45) is 0. The number of anilines is 2. The van der Waals surface area contributed by atoms with Gasteiger partial charge in [-0.3, -0.25) is 4.79 Å². The van der Waals surface area contributed by atoms with E-state index in [1.165, 1.54) is 6.07 Å². The second kappa shape index (κ2) is 8.61. The minimum atomic E-state index is -0.362. The van der Waals surface area contributed by atoms with Gasteiger partial charge in [-0.05, 0) is 35.2 Å². The molecular weight excluding hydrogens is 359 g/mol. The van der Waals surface area contributed by atoms with Gasteiger partial charge >= 0.3 is 0 Å². The van der Waals surface area contributed by atoms with E-state index in [0.29, 0.717) is 43.4 Å². The number of carbonyl (C=O) groups excluding carboxylic acids is 1. The first kappa shape index (κ1) is 20.1. The first-order chi connectivity index (χ1) is 13.3. The maximum Gasteiger partial charge on any atom is 0.262 e. The Morgan fingerprint density at radius 3 is 2.57 bits per heavy atom. The van der Waals surface area contributed by atoms with Crippen molar-refractivity contribution in [3.63, 3.8) is 0 Å². The van der Waals surface area contributed by atoms with Gasteiger partial charge < -0.3 is 19.7 Å². The average molecular weight is 386 g/mol. The molecule has 0 spiro atoms. The number of hydrogen-bond acceptors (Lipinski definition) is 4. The highest BCUT2D eigenvalue weighted by Gasteiger charge is 2.19. The zero-order chi connectivity index (χ0) is 20.1. The largest absolute Gasteiger partial charge is 0.483 e. The number of halogens is 1. The Balaban J connectivity index is 1.60. The van der Waals surface area contributed by atoms with E-state index in [1.807, 2.05) is 29.2 Å². The molecular formula is C22H27FN2O3. The number of rotatable bonds is 5. The number of carbonyl (C=O) groups is 1. The van der Waals surface area contributed by atoms with E-state index in [-0.39, 0.29) is 23.7 Å². The maximum absolute atomic E-state index is 14.5. The SMILES string of the molecule is CC(C)(C)c1ccccc1OCC(=O)Nc1ccc(N2CCOCC2)c(F)c1. The number of amides is 1. The fraction of sp³-hybridized carbons (Fsp3) is 0.409. The minimum absolute atomic E-state index is 0.0917. The van der Waals surface area contributed by atoms with Crippen LogP contribution < -0.4 is 15.0 Å². The quantitative estimate of drug-likeness (QED) is 0.845. The molecule has 6 heteroatoms. The summed E-state index contributed by atoms with van der Waals surface area (Å²) < 4.78 is 25.5. The van der Waals surface area contributed by atoms with Crippen molar-refractivity contribution < 1.29 is 18.7 Å². The number of nitrogens with zero attached hydrogens (tertiary/aromatic N) is 1. The van der Waals surface area contributed by atoms with Gasteiger partial charge in [0.1, 0.15) is 11.6 Å². The van der Waals surface area contributed by atoms with E-state index in [0.717, 1.165) is 5.56 Å². The summed E-state index contributed by atoms with van der Waals surface area (Å²) in [6, 6.07) is 12.4. The molecule has 1 saturated heterocycles. The lowest BCUT2D eigenvalue weighted by molar-refractivity contribution is -0.118. The van der Waals surface area contributed by atoms with Crippen LogP contribution in [0.5, 0.6) is 5.75 Å². The van der Waals surface area contributed by atoms with E-state index in [9.17, 15) is 9.18 Å². The van der Waals surface area contributed by atoms with Crippen molar-refractivity contribution in [2.24, 2.45) is 0 Å². The molecule has 0 bridgehead atoms. The van der Waals surface area contributed by atoms with Crippen molar-refractivity contribution in [2.75, 3.05) is 43.1 Å². The predicted molar refractivity (Wildman–Crippen MR) is 109 cm³/mol. The van der Waals surface area contributed by atoms with Gasteiger partial charge in [-0.2, -0.15) is 0 Å². The van der Waals surface area contributed by atoms with E-state index < -0.39 is 0 Å². The zero-order valence-corrected chi connectivity index (χ0v) is 16.6. The highest BCUT2D eigenvalue weighted by molar-refractivity contribution is 5.92. The second-order valence-corrected chi connectivity index (χ2v) is 7.85. The summed E-state index contributed by atoms with van der Waals surface area (Å²) in [5.41, 5.74) is 1.87. The van der Waals surface area contributed by atoms with Crippen molar-refractivity contribution in [1.29, 1.82) is 0 Å². The van der Waals surface area contributed by atoms with Crippen LogP contribution in [0.25, 0.3) is 0 Å². The van der Waals surface area contributed by atoms with Gasteiger partial charge in [0, 0.05) is 18.8 Å². The Hall–Kier alpha value is -2.60. The fourth-order valence-corrected chi connectivity index (χ4v) is 3.20. The number of nitrogens with one attached hydrogen (secondary N) is 1. The molecule has 1 N–H and O–H groups in total. The van der Waals surface area contributed by atoms with E-state index in [2.05, 4.69) is 26.1 Å². The lowest BCUT2D eigenvalue weighted by atomic mass is 9.86. The van der Waals surface area contributed by atoms with Crippen LogP contribution in [0.15, 0.2) is 42.5 Å². The Morgan fingerprint density at radius 2 is 1.89 bits per heavy atom. The molecule has 5 nitrogen and oxygen atoms in total. The fourth-order valence-electron chi connectivity index (χ4n) is 3.20. The lowest BCUT2D eigenvalue weighted by Crippen LogP contribution is -2.36. The smallest absolute Gasteiger partial charge is 0.262 e. The van der Waals surface area contributed by atoms with Crippen LogP contribution in [0.4, 0.5) is 15.8 Å². The van der Waals surface area contributed by atoms with Gasteiger partial charge in [-0.15, -0.1) is 0 Å². The number of hydrogen-bond donors (Lipinski definition) is 1.